The van der Waals surface area contributed by atoms with Crippen LogP contribution < -0.4 is 5.32 Å². The number of anilines is 1. The average molecular weight is 241 g/mol. The monoisotopic (exact) mass is 241 g/mol. The van der Waals surface area contributed by atoms with Gasteiger partial charge in [-0.3, -0.25) is 0 Å². The Morgan fingerprint density at radius 2 is 2.00 bits per heavy atom. The molecule has 1 aromatic rings. The number of H-pyrrole nitrogens is 1. The summed E-state index contributed by atoms with van der Waals surface area (Å²) < 4.78 is 0. The first-order valence-corrected chi connectivity index (χ1v) is 5.61. The second-order valence-electron chi connectivity index (χ2n) is 3.76. The van der Waals surface area contributed by atoms with Crippen molar-refractivity contribution in [1.29, 1.82) is 0 Å². The van der Waals surface area contributed by atoms with Crippen molar-refractivity contribution in [2.24, 2.45) is 0 Å². The molecule has 0 radical (unpaired) electrons. The Labute approximate surface area is 103 Å². The smallest absolute Gasteiger partial charge is 0.222 e. The summed E-state index contributed by atoms with van der Waals surface area (Å²) in [6.07, 6.45) is 0.721. The van der Waals surface area contributed by atoms with Gasteiger partial charge in [-0.1, -0.05) is 18.2 Å². The van der Waals surface area contributed by atoms with E-state index in [2.05, 4.69) is 35.9 Å². The minimum Gasteiger partial charge on any atom is -0.385 e. The molecule has 0 fully saturated rings. The zero-order chi connectivity index (χ0) is 12.2. The molecule has 2 heterocycles. The van der Waals surface area contributed by atoms with E-state index in [0.717, 1.165) is 24.5 Å². The molecule has 1 aromatic carbocycles. The Hall–Kier alpha value is -2.57. The predicted octanol–water partition coefficient (Wildman–Crippen LogP) is 0.749. The van der Waals surface area contributed by atoms with Crippen LogP contribution in [0.3, 0.4) is 0 Å². The fraction of sp³-hybridized carbons (Fsp3) is 0.182. The van der Waals surface area contributed by atoms with Crippen molar-refractivity contribution in [3.63, 3.8) is 0 Å². The lowest BCUT2D eigenvalue weighted by Crippen LogP contribution is -2.05. The number of benzene rings is 1. The number of aromatic nitrogens is 6. The van der Waals surface area contributed by atoms with Gasteiger partial charge in [0.25, 0.3) is 0 Å². The number of nitrogens with zero attached hydrogens (tertiary/aromatic N) is 5. The Kier molecular flexibility index (Phi) is 2.79. The van der Waals surface area contributed by atoms with Gasteiger partial charge in [0.05, 0.1) is 0 Å². The van der Waals surface area contributed by atoms with E-state index in [1.165, 1.54) is 0 Å². The van der Waals surface area contributed by atoms with E-state index in [1.807, 2.05) is 30.3 Å². The second-order valence-corrected chi connectivity index (χ2v) is 3.76. The molecular formula is C11H11N7. The maximum absolute atomic E-state index is 4.27. The minimum atomic E-state index is 0.500. The highest BCUT2D eigenvalue weighted by atomic mass is 15.5. The summed E-state index contributed by atoms with van der Waals surface area (Å²) in [6, 6.07) is 10.0. The maximum Gasteiger partial charge on any atom is 0.222 e. The van der Waals surface area contributed by atoms with E-state index >= 15 is 0 Å². The molecule has 0 amide bonds. The van der Waals surface area contributed by atoms with Crippen LogP contribution >= 0.6 is 0 Å². The Morgan fingerprint density at radius 3 is 2.83 bits per heavy atom. The summed E-state index contributed by atoms with van der Waals surface area (Å²) in [6.45, 7) is 0.765. The standard InChI is InChI=1S/C11H11N7/c1-2-4-8(5-3-1)12-7-6-9-13-10-11(14-9)16-18-17-15-10/h1-5,12H,6-7H2,(H,13,14,15,16,17,18). The summed E-state index contributed by atoms with van der Waals surface area (Å²) in [7, 11) is 0. The van der Waals surface area contributed by atoms with Gasteiger partial charge in [0, 0.05) is 18.7 Å². The lowest BCUT2D eigenvalue weighted by atomic mass is 10.3. The quantitative estimate of drug-likeness (QED) is 0.700. The van der Waals surface area contributed by atoms with Crippen molar-refractivity contribution in [2.45, 2.75) is 6.42 Å². The number of rotatable bonds is 4. The van der Waals surface area contributed by atoms with E-state index < -0.39 is 0 Å². The third kappa shape index (κ3) is 2.24. The van der Waals surface area contributed by atoms with Gasteiger partial charge in [-0.15, -0.1) is 5.10 Å². The van der Waals surface area contributed by atoms with Crippen LogP contribution in [-0.4, -0.2) is 37.1 Å². The molecule has 2 aliphatic heterocycles. The summed E-state index contributed by atoms with van der Waals surface area (Å²) in [5, 5.41) is 16.8. The zero-order valence-electron chi connectivity index (χ0n) is 9.54. The third-order valence-corrected chi connectivity index (χ3v) is 2.48. The molecule has 0 aliphatic carbocycles. The van der Waals surface area contributed by atoms with Crippen molar-refractivity contribution in [3.8, 4) is 11.6 Å². The van der Waals surface area contributed by atoms with Gasteiger partial charge >= 0.3 is 0 Å². The number of fused-ring (bicyclic) bond motifs is 1. The van der Waals surface area contributed by atoms with Crippen LogP contribution in [0.1, 0.15) is 5.82 Å². The van der Waals surface area contributed by atoms with E-state index in [1.54, 1.807) is 0 Å². The fourth-order valence-corrected chi connectivity index (χ4v) is 1.64. The highest BCUT2D eigenvalue weighted by Crippen LogP contribution is 2.10. The first-order chi connectivity index (χ1) is 8.92. The highest BCUT2D eigenvalue weighted by molar-refractivity contribution is 5.44. The summed E-state index contributed by atoms with van der Waals surface area (Å²) >= 11 is 0. The maximum atomic E-state index is 4.27. The SMILES string of the molecule is c1ccc(NCCc2nc3nnn[nH]c-3n2)cc1. The molecule has 0 spiro atoms. The average Bonchev–Trinajstić information content (AvgIpc) is 2.82. The Bertz CT molecular complexity index is 561. The Balaban J connectivity index is 1.62. The molecular weight excluding hydrogens is 230 g/mol. The number of hydrogen-bond acceptors (Lipinski definition) is 6. The van der Waals surface area contributed by atoms with Crippen molar-refractivity contribution in [2.75, 3.05) is 11.9 Å². The third-order valence-electron chi connectivity index (χ3n) is 2.48. The largest absolute Gasteiger partial charge is 0.385 e. The second kappa shape index (κ2) is 4.74. The van der Waals surface area contributed by atoms with Crippen LogP contribution in [0.15, 0.2) is 30.3 Å². The van der Waals surface area contributed by atoms with Crippen LogP contribution in [-0.2, 0) is 6.42 Å². The number of aromatic amines is 1. The number of hydrogen-bond donors (Lipinski definition) is 2. The van der Waals surface area contributed by atoms with Crippen LogP contribution in [0.2, 0.25) is 0 Å². The molecule has 18 heavy (non-hydrogen) atoms. The van der Waals surface area contributed by atoms with Crippen LogP contribution in [0, 0.1) is 0 Å². The van der Waals surface area contributed by atoms with Gasteiger partial charge in [0.2, 0.25) is 5.82 Å². The van der Waals surface area contributed by atoms with Gasteiger partial charge in [-0.25, -0.2) is 15.1 Å². The van der Waals surface area contributed by atoms with Crippen molar-refractivity contribution in [3.05, 3.63) is 36.2 Å². The van der Waals surface area contributed by atoms with Crippen LogP contribution in [0.5, 0.6) is 0 Å². The minimum absolute atomic E-state index is 0.500. The van der Waals surface area contributed by atoms with Gasteiger partial charge in [-0.2, -0.15) is 0 Å². The summed E-state index contributed by atoms with van der Waals surface area (Å²) in [4.78, 5) is 8.52. The lowest BCUT2D eigenvalue weighted by molar-refractivity contribution is 0.754. The molecule has 0 saturated carbocycles. The highest BCUT2D eigenvalue weighted by Gasteiger charge is 2.12. The van der Waals surface area contributed by atoms with Gasteiger partial charge in [0.15, 0.2) is 5.82 Å². The molecule has 2 aliphatic rings. The number of nitrogens with one attached hydrogen (secondary N) is 2. The molecule has 7 nitrogen and oxygen atoms in total. The summed E-state index contributed by atoms with van der Waals surface area (Å²) in [5.74, 6) is 1.80. The lowest BCUT2D eigenvalue weighted by Gasteiger charge is -2.03. The zero-order valence-corrected chi connectivity index (χ0v) is 9.54. The van der Waals surface area contributed by atoms with Crippen molar-refractivity contribution >= 4 is 5.69 Å². The number of para-hydroxylation sites is 1. The van der Waals surface area contributed by atoms with Crippen LogP contribution in [0.25, 0.3) is 11.6 Å². The van der Waals surface area contributed by atoms with Gasteiger partial charge in [0.1, 0.15) is 5.82 Å². The van der Waals surface area contributed by atoms with Crippen LogP contribution in [0.4, 0.5) is 5.69 Å². The molecule has 2 N–H and O–H groups in total. The van der Waals surface area contributed by atoms with Gasteiger partial charge < -0.3 is 5.32 Å². The molecule has 0 unspecified atom stereocenters. The molecule has 0 saturated heterocycles. The molecule has 3 rings (SSSR count). The molecule has 0 atom stereocenters. The molecule has 0 aromatic heterocycles. The molecule has 0 bridgehead atoms. The van der Waals surface area contributed by atoms with E-state index in [-0.39, 0.29) is 0 Å². The Morgan fingerprint density at radius 1 is 1.11 bits per heavy atom. The number of imidazole rings is 1. The first kappa shape index (κ1) is 10.6. The summed E-state index contributed by atoms with van der Waals surface area (Å²) in [5.41, 5.74) is 1.08. The van der Waals surface area contributed by atoms with E-state index in [9.17, 15) is 0 Å². The van der Waals surface area contributed by atoms with E-state index in [0.29, 0.717) is 11.6 Å². The van der Waals surface area contributed by atoms with Crippen molar-refractivity contribution in [1.82, 2.24) is 30.6 Å². The van der Waals surface area contributed by atoms with E-state index in [4.69, 9.17) is 0 Å². The normalized spacial score (nSPS) is 10.7. The molecule has 7 heteroatoms. The first-order valence-electron chi connectivity index (χ1n) is 5.61. The predicted molar refractivity (Wildman–Crippen MR) is 65.0 cm³/mol. The van der Waals surface area contributed by atoms with Crippen molar-refractivity contribution < 1.29 is 0 Å². The van der Waals surface area contributed by atoms with Gasteiger partial charge in [-0.05, 0) is 22.6 Å². The molecule has 90 valence electrons. The topological polar surface area (TPSA) is 92.3 Å². The fourth-order valence-electron chi connectivity index (χ4n) is 1.64.